The first-order chi connectivity index (χ1) is 1.41. The van der Waals surface area contributed by atoms with Crippen LogP contribution in [0.25, 0.3) is 5.41 Å². The summed E-state index contributed by atoms with van der Waals surface area (Å²) in [6, 6.07) is 0. The van der Waals surface area contributed by atoms with E-state index < -0.39 is 0 Å². The number of rotatable bonds is 0. The van der Waals surface area contributed by atoms with E-state index >= 15 is 0 Å². The summed E-state index contributed by atoms with van der Waals surface area (Å²) in [6.07, 6.45) is 0. The summed E-state index contributed by atoms with van der Waals surface area (Å²) < 4.78 is 0. The summed E-state index contributed by atoms with van der Waals surface area (Å²) in [6.45, 7) is 2.79. The molecule has 0 saturated carbocycles. The molecule has 19 valence electrons. The number of nitrogens with zero attached hydrogens (tertiary/aromatic N) is 1. The van der Waals surface area contributed by atoms with E-state index in [0.717, 1.165) is 0 Å². The SMILES string of the molecule is C=C=[N-].[Y]. The molecule has 0 aliphatic heterocycles. The van der Waals surface area contributed by atoms with Crippen LogP contribution >= 0.6 is 0 Å². The predicted molar refractivity (Wildman–Crippen MR) is 14.0 cm³/mol. The average molecular weight is 129 g/mol. The van der Waals surface area contributed by atoms with Gasteiger partial charge in [-0.25, -0.2) is 0 Å². The van der Waals surface area contributed by atoms with Crippen molar-refractivity contribution in [3.63, 3.8) is 0 Å². The van der Waals surface area contributed by atoms with Gasteiger partial charge < -0.3 is 5.41 Å². The Labute approximate surface area is 50.5 Å². The smallest absolute Gasteiger partial charge is 0 e. The number of hydrogen-bond acceptors (Lipinski definition) is 0. The Morgan fingerprint density at radius 3 is 1.75 bits per heavy atom. The first-order valence-corrected chi connectivity index (χ1v) is 0.577. The molecule has 1 nitrogen and oxygen atoms in total. The van der Waals surface area contributed by atoms with Gasteiger partial charge in [0.05, 0.1) is 0 Å². The van der Waals surface area contributed by atoms with Crippen LogP contribution in [0.5, 0.6) is 0 Å². The monoisotopic (exact) mass is 129 g/mol. The van der Waals surface area contributed by atoms with Gasteiger partial charge in [-0.1, -0.05) is 6.58 Å². The van der Waals surface area contributed by atoms with Crippen LogP contribution in [0.1, 0.15) is 0 Å². The summed E-state index contributed by atoms with van der Waals surface area (Å²) >= 11 is 0. The molecule has 0 amide bonds. The van der Waals surface area contributed by atoms with Crippen LogP contribution in [0.4, 0.5) is 0 Å². The quantitative estimate of drug-likeness (QED) is 0.422. The molecule has 0 aromatic heterocycles. The van der Waals surface area contributed by atoms with Crippen molar-refractivity contribution in [2.24, 2.45) is 0 Å². The van der Waals surface area contributed by atoms with E-state index in [1.807, 2.05) is 0 Å². The molecule has 0 rings (SSSR count). The zero-order valence-electron chi connectivity index (χ0n) is 2.23. The second-order valence-corrected chi connectivity index (χ2v) is 0.158. The van der Waals surface area contributed by atoms with Crippen molar-refractivity contribution in [3.05, 3.63) is 12.0 Å². The van der Waals surface area contributed by atoms with E-state index in [4.69, 9.17) is 5.41 Å². The van der Waals surface area contributed by atoms with Crippen LogP contribution < -0.4 is 0 Å². The van der Waals surface area contributed by atoms with E-state index in [1.54, 1.807) is 0 Å². The van der Waals surface area contributed by atoms with E-state index in [-0.39, 0.29) is 32.7 Å². The maximum absolute atomic E-state index is 7.21. The second-order valence-electron chi connectivity index (χ2n) is 0.158. The Kier molecular flexibility index (Phi) is 21.2. The minimum Gasteiger partial charge on any atom is -0.764 e. The van der Waals surface area contributed by atoms with Gasteiger partial charge in [0.2, 0.25) is 0 Å². The van der Waals surface area contributed by atoms with Crippen molar-refractivity contribution in [2.45, 2.75) is 0 Å². The second kappa shape index (κ2) is 9.60. The largest absolute Gasteiger partial charge is 0.764 e. The first-order valence-electron chi connectivity index (χ1n) is 0.577. The van der Waals surface area contributed by atoms with Crippen LogP contribution in [0.3, 0.4) is 0 Å². The molecule has 0 heterocycles. The van der Waals surface area contributed by atoms with Gasteiger partial charge in [0.25, 0.3) is 0 Å². The van der Waals surface area contributed by atoms with Gasteiger partial charge in [-0.2, -0.15) is 0 Å². The fraction of sp³-hybridized carbons (Fsp3) is 0. The molecule has 1 radical (unpaired) electrons. The van der Waals surface area contributed by atoms with Crippen molar-refractivity contribution in [3.8, 4) is 0 Å². The molecule has 0 atom stereocenters. The molecule has 4 heavy (non-hydrogen) atoms. The molecule has 0 aliphatic carbocycles. The molecular weight excluding hydrogens is 127 g/mol. The number of hydrogen-bond donors (Lipinski definition) is 0. The van der Waals surface area contributed by atoms with Gasteiger partial charge in [0.15, 0.2) is 0 Å². The Bertz CT molecular complexity index is 27.0. The van der Waals surface area contributed by atoms with E-state index in [9.17, 15) is 0 Å². The Morgan fingerprint density at radius 2 is 1.75 bits per heavy atom. The molecule has 0 bridgehead atoms. The third-order valence-electron chi connectivity index (χ3n) is 0. The molecule has 0 fully saturated rings. The van der Waals surface area contributed by atoms with E-state index in [1.165, 1.54) is 5.87 Å². The van der Waals surface area contributed by atoms with Gasteiger partial charge in [-0.15, -0.1) is 0 Å². The summed E-state index contributed by atoms with van der Waals surface area (Å²) in [5.41, 5.74) is 0. The van der Waals surface area contributed by atoms with Crippen LogP contribution in [0.15, 0.2) is 6.58 Å². The summed E-state index contributed by atoms with van der Waals surface area (Å²) in [5, 5.41) is 7.21. The summed E-state index contributed by atoms with van der Waals surface area (Å²) in [7, 11) is 0. The summed E-state index contributed by atoms with van der Waals surface area (Å²) in [5.74, 6) is 1.50. The van der Waals surface area contributed by atoms with Gasteiger partial charge in [0, 0.05) is 32.7 Å². The molecule has 0 N–H and O–H groups in total. The molecule has 0 spiro atoms. The van der Waals surface area contributed by atoms with E-state index in [2.05, 4.69) is 6.58 Å². The molecule has 0 aromatic rings. The molecule has 0 saturated heterocycles. The maximum Gasteiger partial charge on any atom is 0 e. The molecule has 2 heteroatoms. The predicted octanol–water partition coefficient (Wildman–Crippen LogP) is 0.409. The zero-order valence-corrected chi connectivity index (χ0v) is 5.07. The van der Waals surface area contributed by atoms with Crippen LogP contribution in [-0.4, -0.2) is 5.87 Å². The fourth-order valence-electron chi connectivity index (χ4n) is 0. The van der Waals surface area contributed by atoms with Gasteiger partial charge >= 0.3 is 0 Å². The van der Waals surface area contributed by atoms with Crippen molar-refractivity contribution in [2.75, 3.05) is 0 Å². The van der Waals surface area contributed by atoms with Crippen LogP contribution in [0.2, 0.25) is 0 Å². The van der Waals surface area contributed by atoms with Crippen molar-refractivity contribution < 1.29 is 32.7 Å². The van der Waals surface area contributed by atoms with Crippen LogP contribution in [0, 0.1) is 0 Å². The van der Waals surface area contributed by atoms with Crippen LogP contribution in [-0.2, 0) is 32.7 Å². The van der Waals surface area contributed by atoms with E-state index in [0.29, 0.717) is 0 Å². The fourth-order valence-corrected chi connectivity index (χ4v) is 0. The normalized spacial score (nSPS) is 2.00. The third-order valence-corrected chi connectivity index (χ3v) is 0. The Hall–Kier alpha value is 0.554. The Morgan fingerprint density at radius 1 is 1.75 bits per heavy atom. The molecular formula is C2H2NY-. The molecule has 0 aliphatic rings. The first kappa shape index (κ1) is 8.82. The standard InChI is InChI=1S/C2H2N.Y/c1-2-3;/h1H2;/q-1;. The topological polar surface area (TPSA) is 22.3 Å². The summed E-state index contributed by atoms with van der Waals surface area (Å²) in [4.78, 5) is 0. The Balaban J connectivity index is 0. The average Bonchev–Trinajstić information content (AvgIpc) is 0.918. The van der Waals surface area contributed by atoms with Crippen molar-refractivity contribution in [1.82, 2.24) is 0 Å². The van der Waals surface area contributed by atoms with Crippen molar-refractivity contribution >= 4 is 5.87 Å². The van der Waals surface area contributed by atoms with Gasteiger partial charge in [0.1, 0.15) is 0 Å². The zero-order chi connectivity index (χ0) is 2.71. The van der Waals surface area contributed by atoms with Crippen molar-refractivity contribution in [1.29, 1.82) is 0 Å². The third kappa shape index (κ3) is 20.1. The maximum atomic E-state index is 7.21. The molecule has 0 aromatic carbocycles. The molecule has 0 unspecified atom stereocenters. The van der Waals surface area contributed by atoms with Gasteiger partial charge in [-0.05, 0) is 0 Å². The van der Waals surface area contributed by atoms with Gasteiger partial charge in [-0.3, -0.25) is 5.87 Å². The minimum absolute atomic E-state index is 0. The minimum atomic E-state index is 0.